The third-order valence-electron chi connectivity index (χ3n) is 5.14. The molecule has 0 amide bonds. The van der Waals surface area contributed by atoms with Gasteiger partial charge < -0.3 is 9.84 Å². The van der Waals surface area contributed by atoms with Crippen molar-refractivity contribution in [1.29, 1.82) is 0 Å². The third kappa shape index (κ3) is 2.51. The van der Waals surface area contributed by atoms with E-state index in [-0.39, 0.29) is 11.5 Å². The Morgan fingerprint density at radius 3 is 2.84 bits per heavy atom. The number of fused-ring (bicyclic) bond motifs is 1. The lowest BCUT2D eigenvalue weighted by molar-refractivity contribution is 0.0261. The molecule has 1 N–H and O–H groups in total. The summed E-state index contributed by atoms with van der Waals surface area (Å²) in [6, 6.07) is 8.30. The molecular weight excluding hydrogens is 236 g/mol. The molecule has 19 heavy (non-hydrogen) atoms. The molecule has 1 heterocycles. The quantitative estimate of drug-likeness (QED) is 0.893. The predicted molar refractivity (Wildman–Crippen MR) is 76.5 cm³/mol. The van der Waals surface area contributed by atoms with Crippen LogP contribution in [0.2, 0.25) is 0 Å². The van der Waals surface area contributed by atoms with Crippen LogP contribution in [0.25, 0.3) is 0 Å². The Labute approximate surface area is 115 Å². The van der Waals surface area contributed by atoms with E-state index in [1.165, 1.54) is 31.2 Å². The van der Waals surface area contributed by atoms with E-state index >= 15 is 0 Å². The Balaban J connectivity index is 1.74. The third-order valence-corrected chi connectivity index (χ3v) is 5.14. The van der Waals surface area contributed by atoms with E-state index in [0.29, 0.717) is 5.92 Å². The standard InChI is InChI=1S/C17H24O2/c1-17(9-4-5-10-17)16(18)12-13-8-11-19-15-7-3-2-6-14(13)15/h2-3,6-7,13,16,18H,4-5,8-12H2,1H3. The molecule has 1 saturated carbocycles. The molecule has 1 fully saturated rings. The molecule has 104 valence electrons. The number of hydrogen-bond donors (Lipinski definition) is 1. The minimum absolute atomic E-state index is 0.146. The van der Waals surface area contributed by atoms with Crippen molar-refractivity contribution in [2.45, 2.75) is 57.5 Å². The SMILES string of the molecule is CC1(C(O)CC2CCOc3ccccc32)CCCC1. The average Bonchev–Trinajstić information content (AvgIpc) is 2.87. The van der Waals surface area contributed by atoms with Gasteiger partial charge in [-0.1, -0.05) is 38.0 Å². The first-order valence-corrected chi connectivity index (χ1v) is 7.59. The molecule has 2 nitrogen and oxygen atoms in total. The molecule has 2 unspecified atom stereocenters. The van der Waals surface area contributed by atoms with E-state index < -0.39 is 0 Å². The van der Waals surface area contributed by atoms with Crippen molar-refractivity contribution < 1.29 is 9.84 Å². The predicted octanol–water partition coefficient (Wildman–Crippen LogP) is 3.88. The zero-order chi connectivity index (χ0) is 13.3. The second-order valence-corrected chi connectivity index (χ2v) is 6.48. The van der Waals surface area contributed by atoms with Crippen LogP contribution in [-0.2, 0) is 0 Å². The van der Waals surface area contributed by atoms with E-state index in [4.69, 9.17) is 4.74 Å². The van der Waals surface area contributed by atoms with Gasteiger partial charge in [0.25, 0.3) is 0 Å². The Hall–Kier alpha value is -1.02. The Morgan fingerprint density at radius 1 is 1.32 bits per heavy atom. The molecule has 3 rings (SSSR count). The van der Waals surface area contributed by atoms with E-state index in [0.717, 1.165) is 25.2 Å². The highest BCUT2D eigenvalue weighted by Gasteiger charge is 2.37. The first-order chi connectivity index (χ1) is 9.19. The van der Waals surface area contributed by atoms with Crippen LogP contribution in [0.3, 0.4) is 0 Å². The topological polar surface area (TPSA) is 29.5 Å². The molecule has 0 aromatic heterocycles. The monoisotopic (exact) mass is 260 g/mol. The van der Waals surface area contributed by atoms with Gasteiger partial charge in [-0.25, -0.2) is 0 Å². The first kappa shape index (κ1) is 13.0. The number of aliphatic hydroxyl groups is 1. The summed E-state index contributed by atoms with van der Waals surface area (Å²) >= 11 is 0. The number of hydrogen-bond acceptors (Lipinski definition) is 2. The molecule has 1 aromatic rings. The molecular formula is C17H24O2. The Morgan fingerprint density at radius 2 is 2.05 bits per heavy atom. The van der Waals surface area contributed by atoms with Crippen molar-refractivity contribution >= 4 is 0 Å². The van der Waals surface area contributed by atoms with Crippen molar-refractivity contribution in [2.24, 2.45) is 5.41 Å². The fraction of sp³-hybridized carbons (Fsp3) is 0.647. The summed E-state index contributed by atoms with van der Waals surface area (Å²) in [5, 5.41) is 10.6. The van der Waals surface area contributed by atoms with Gasteiger partial charge in [-0.3, -0.25) is 0 Å². The average molecular weight is 260 g/mol. The number of ether oxygens (including phenoxy) is 1. The fourth-order valence-corrected chi connectivity index (χ4v) is 3.73. The van der Waals surface area contributed by atoms with Gasteiger partial charge in [0.05, 0.1) is 12.7 Å². The zero-order valence-corrected chi connectivity index (χ0v) is 11.8. The summed E-state index contributed by atoms with van der Waals surface area (Å²) in [5.74, 6) is 1.47. The molecule has 1 aromatic carbocycles. The van der Waals surface area contributed by atoms with Crippen LogP contribution in [0.4, 0.5) is 0 Å². The van der Waals surface area contributed by atoms with E-state index in [9.17, 15) is 5.11 Å². The van der Waals surface area contributed by atoms with Crippen LogP contribution in [0, 0.1) is 5.41 Å². The Kier molecular flexibility index (Phi) is 3.53. The van der Waals surface area contributed by atoms with Gasteiger partial charge >= 0.3 is 0 Å². The molecule has 0 saturated heterocycles. The number of para-hydroxylation sites is 1. The lowest BCUT2D eigenvalue weighted by Gasteiger charge is -2.34. The van der Waals surface area contributed by atoms with Gasteiger partial charge in [0, 0.05) is 0 Å². The highest BCUT2D eigenvalue weighted by atomic mass is 16.5. The maximum Gasteiger partial charge on any atom is 0.122 e. The minimum atomic E-state index is -0.175. The molecule has 2 heteroatoms. The maximum atomic E-state index is 10.6. The van der Waals surface area contributed by atoms with Crippen molar-refractivity contribution in [3.05, 3.63) is 29.8 Å². The van der Waals surface area contributed by atoms with Crippen LogP contribution in [0.5, 0.6) is 5.75 Å². The van der Waals surface area contributed by atoms with Gasteiger partial charge in [0.2, 0.25) is 0 Å². The number of rotatable bonds is 3. The van der Waals surface area contributed by atoms with Crippen molar-refractivity contribution in [3.8, 4) is 5.75 Å². The summed E-state index contributed by atoms with van der Waals surface area (Å²) in [5.41, 5.74) is 1.43. The summed E-state index contributed by atoms with van der Waals surface area (Å²) in [4.78, 5) is 0. The summed E-state index contributed by atoms with van der Waals surface area (Å²) in [7, 11) is 0. The van der Waals surface area contributed by atoms with E-state index in [1.54, 1.807) is 0 Å². The van der Waals surface area contributed by atoms with Crippen LogP contribution in [-0.4, -0.2) is 17.8 Å². The highest BCUT2D eigenvalue weighted by molar-refractivity contribution is 5.37. The molecule has 2 aliphatic rings. The molecule has 1 aliphatic carbocycles. The largest absolute Gasteiger partial charge is 0.493 e. The molecule has 1 aliphatic heterocycles. The van der Waals surface area contributed by atoms with Crippen LogP contribution >= 0.6 is 0 Å². The van der Waals surface area contributed by atoms with E-state index in [1.807, 2.05) is 12.1 Å². The molecule has 0 bridgehead atoms. The van der Waals surface area contributed by atoms with Crippen molar-refractivity contribution in [2.75, 3.05) is 6.61 Å². The summed E-state index contributed by atoms with van der Waals surface area (Å²) < 4.78 is 5.70. The maximum absolute atomic E-state index is 10.6. The molecule has 2 atom stereocenters. The highest BCUT2D eigenvalue weighted by Crippen LogP contribution is 2.45. The van der Waals surface area contributed by atoms with Crippen LogP contribution in [0.1, 0.15) is 56.9 Å². The first-order valence-electron chi connectivity index (χ1n) is 7.59. The number of benzene rings is 1. The van der Waals surface area contributed by atoms with Crippen LogP contribution in [0.15, 0.2) is 24.3 Å². The second kappa shape index (κ2) is 5.16. The lowest BCUT2D eigenvalue weighted by atomic mass is 9.76. The zero-order valence-electron chi connectivity index (χ0n) is 11.8. The minimum Gasteiger partial charge on any atom is -0.493 e. The van der Waals surface area contributed by atoms with E-state index in [2.05, 4.69) is 19.1 Å². The summed E-state index contributed by atoms with van der Waals surface area (Å²) in [6.07, 6.45) is 6.65. The smallest absolute Gasteiger partial charge is 0.122 e. The molecule has 0 spiro atoms. The van der Waals surface area contributed by atoms with Crippen LogP contribution < -0.4 is 4.74 Å². The lowest BCUT2D eigenvalue weighted by Crippen LogP contribution is -2.32. The Bertz CT molecular complexity index is 435. The van der Waals surface area contributed by atoms with Crippen molar-refractivity contribution in [1.82, 2.24) is 0 Å². The second-order valence-electron chi connectivity index (χ2n) is 6.48. The van der Waals surface area contributed by atoms with Gasteiger partial charge in [0.1, 0.15) is 5.75 Å². The van der Waals surface area contributed by atoms with Gasteiger partial charge in [-0.05, 0) is 48.6 Å². The van der Waals surface area contributed by atoms with Crippen molar-refractivity contribution in [3.63, 3.8) is 0 Å². The fourth-order valence-electron chi connectivity index (χ4n) is 3.73. The number of aliphatic hydroxyl groups excluding tert-OH is 1. The summed E-state index contributed by atoms with van der Waals surface area (Å²) in [6.45, 7) is 3.04. The van der Waals surface area contributed by atoms with Gasteiger partial charge in [-0.2, -0.15) is 0 Å². The molecule has 0 radical (unpaired) electrons. The van der Waals surface area contributed by atoms with Gasteiger partial charge in [0.15, 0.2) is 0 Å². The normalized spacial score (nSPS) is 26.5. The van der Waals surface area contributed by atoms with Gasteiger partial charge in [-0.15, -0.1) is 0 Å².